The molecule has 1 fully saturated rings. The van der Waals surface area contributed by atoms with Crippen LogP contribution in [0.4, 0.5) is 0 Å². The van der Waals surface area contributed by atoms with Gasteiger partial charge in [0.1, 0.15) is 0 Å². The predicted molar refractivity (Wildman–Crippen MR) is 83.7 cm³/mol. The molecule has 0 aromatic carbocycles. The Hall–Kier alpha value is -0.620. The highest BCUT2D eigenvalue weighted by molar-refractivity contribution is 6.31. The third kappa shape index (κ3) is 3.42. The zero-order valence-electron chi connectivity index (χ0n) is 13.2. The standard InChI is InChI=1S/C15H26ClN3O2/c1-4-8-17-14(13-12(16)11-18-19(13)5-2)15(20-3)6-9-21-10-7-15/h11,14,17H,4-10H2,1-3H3. The van der Waals surface area contributed by atoms with E-state index in [4.69, 9.17) is 21.1 Å². The Kier molecular flexibility index (Phi) is 6.05. The van der Waals surface area contributed by atoms with Crippen molar-refractivity contribution < 1.29 is 9.47 Å². The molecule has 0 spiro atoms. The second-order valence-electron chi connectivity index (χ2n) is 5.46. The molecule has 1 aromatic heterocycles. The number of hydrogen-bond acceptors (Lipinski definition) is 4. The van der Waals surface area contributed by atoms with Gasteiger partial charge in [0.15, 0.2) is 0 Å². The van der Waals surface area contributed by atoms with Crippen molar-refractivity contribution in [1.29, 1.82) is 0 Å². The Balaban J connectivity index is 2.38. The van der Waals surface area contributed by atoms with E-state index in [1.165, 1.54) is 0 Å². The van der Waals surface area contributed by atoms with Crippen LogP contribution in [-0.4, -0.2) is 42.2 Å². The molecule has 120 valence electrons. The smallest absolute Gasteiger partial charge is 0.0932 e. The average molecular weight is 316 g/mol. The highest BCUT2D eigenvalue weighted by Gasteiger charge is 2.43. The molecule has 0 bridgehead atoms. The minimum Gasteiger partial charge on any atom is -0.381 e. The Morgan fingerprint density at radius 1 is 1.48 bits per heavy atom. The average Bonchev–Trinajstić information content (AvgIpc) is 2.89. The molecule has 1 N–H and O–H groups in total. The molecular weight excluding hydrogens is 290 g/mol. The number of nitrogens with one attached hydrogen (secondary N) is 1. The molecule has 2 heterocycles. The van der Waals surface area contributed by atoms with E-state index >= 15 is 0 Å². The molecule has 1 aromatic rings. The van der Waals surface area contributed by atoms with Crippen LogP contribution in [0.2, 0.25) is 5.02 Å². The maximum Gasteiger partial charge on any atom is 0.0932 e. The summed E-state index contributed by atoms with van der Waals surface area (Å²) >= 11 is 6.43. The zero-order valence-corrected chi connectivity index (χ0v) is 13.9. The topological polar surface area (TPSA) is 48.3 Å². The van der Waals surface area contributed by atoms with E-state index in [0.717, 1.165) is 51.3 Å². The van der Waals surface area contributed by atoms with Gasteiger partial charge in [-0.2, -0.15) is 5.10 Å². The van der Waals surface area contributed by atoms with Gasteiger partial charge in [-0.3, -0.25) is 4.68 Å². The lowest BCUT2D eigenvalue weighted by atomic mass is 9.83. The summed E-state index contributed by atoms with van der Waals surface area (Å²) in [6.45, 7) is 7.38. The van der Waals surface area contributed by atoms with Crippen LogP contribution < -0.4 is 5.32 Å². The maximum atomic E-state index is 6.43. The number of halogens is 1. The van der Waals surface area contributed by atoms with Gasteiger partial charge in [-0.05, 0) is 19.9 Å². The van der Waals surface area contributed by atoms with Crippen molar-refractivity contribution in [2.45, 2.75) is 51.3 Å². The van der Waals surface area contributed by atoms with Gasteiger partial charge < -0.3 is 14.8 Å². The Morgan fingerprint density at radius 3 is 2.76 bits per heavy atom. The van der Waals surface area contributed by atoms with E-state index in [1.807, 2.05) is 4.68 Å². The Labute approximate surface area is 131 Å². The lowest BCUT2D eigenvalue weighted by molar-refractivity contribution is -0.113. The van der Waals surface area contributed by atoms with E-state index in [2.05, 4.69) is 24.3 Å². The van der Waals surface area contributed by atoms with Crippen LogP contribution >= 0.6 is 11.6 Å². The molecule has 21 heavy (non-hydrogen) atoms. The number of hydrogen-bond donors (Lipinski definition) is 1. The summed E-state index contributed by atoms with van der Waals surface area (Å²) in [4.78, 5) is 0. The van der Waals surface area contributed by atoms with Crippen LogP contribution in [0.3, 0.4) is 0 Å². The molecule has 1 aliphatic heterocycles. The van der Waals surface area contributed by atoms with Crippen LogP contribution in [0, 0.1) is 0 Å². The van der Waals surface area contributed by atoms with Crippen LogP contribution in [0.25, 0.3) is 0 Å². The second kappa shape index (κ2) is 7.58. The van der Waals surface area contributed by atoms with Crippen LogP contribution in [0.15, 0.2) is 6.20 Å². The lowest BCUT2D eigenvalue weighted by Crippen LogP contribution is -2.50. The first-order valence-corrected chi connectivity index (χ1v) is 8.13. The van der Waals surface area contributed by atoms with Gasteiger partial charge in [-0.15, -0.1) is 0 Å². The molecule has 0 aliphatic carbocycles. The molecule has 0 amide bonds. The number of ether oxygens (including phenoxy) is 2. The SMILES string of the molecule is CCCNC(c1c(Cl)cnn1CC)C1(OC)CCOCC1. The van der Waals surface area contributed by atoms with E-state index in [-0.39, 0.29) is 11.6 Å². The summed E-state index contributed by atoms with van der Waals surface area (Å²) in [5.41, 5.74) is 0.737. The number of aryl methyl sites for hydroxylation is 1. The molecule has 0 radical (unpaired) electrons. The fourth-order valence-corrected chi connectivity index (χ4v) is 3.31. The van der Waals surface area contributed by atoms with Gasteiger partial charge in [-0.25, -0.2) is 0 Å². The monoisotopic (exact) mass is 315 g/mol. The molecule has 2 rings (SSSR count). The quantitative estimate of drug-likeness (QED) is 0.840. The second-order valence-corrected chi connectivity index (χ2v) is 5.87. The van der Waals surface area contributed by atoms with Crippen molar-refractivity contribution in [3.63, 3.8) is 0 Å². The minimum atomic E-state index is -0.288. The summed E-state index contributed by atoms with van der Waals surface area (Å²) in [6, 6.07) is 0.0290. The normalized spacial score (nSPS) is 19.6. The molecule has 1 atom stereocenters. The molecule has 1 saturated heterocycles. The first kappa shape index (κ1) is 16.7. The number of rotatable bonds is 7. The molecule has 5 nitrogen and oxygen atoms in total. The maximum absolute atomic E-state index is 6.43. The summed E-state index contributed by atoms with van der Waals surface area (Å²) < 4.78 is 13.5. The zero-order chi connectivity index (χ0) is 15.3. The fraction of sp³-hybridized carbons (Fsp3) is 0.800. The molecule has 6 heteroatoms. The summed E-state index contributed by atoms with van der Waals surface area (Å²) in [5, 5.41) is 8.71. The highest BCUT2D eigenvalue weighted by atomic mass is 35.5. The number of aromatic nitrogens is 2. The third-order valence-electron chi connectivity index (χ3n) is 4.28. The summed E-state index contributed by atoms with van der Waals surface area (Å²) in [6.07, 6.45) is 4.50. The third-order valence-corrected chi connectivity index (χ3v) is 4.57. The van der Waals surface area contributed by atoms with Gasteiger partial charge in [0.05, 0.1) is 28.6 Å². The largest absolute Gasteiger partial charge is 0.381 e. The first-order valence-electron chi connectivity index (χ1n) is 7.76. The van der Waals surface area contributed by atoms with Crippen molar-refractivity contribution in [3.8, 4) is 0 Å². The molecular formula is C15H26ClN3O2. The van der Waals surface area contributed by atoms with E-state index < -0.39 is 0 Å². The van der Waals surface area contributed by atoms with Crippen LogP contribution in [-0.2, 0) is 16.0 Å². The summed E-state index contributed by atoms with van der Waals surface area (Å²) in [7, 11) is 1.78. The Morgan fingerprint density at radius 2 is 2.19 bits per heavy atom. The van der Waals surface area contributed by atoms with E-state index in [9.17, 15) is 0 Å². The fourth-order valence-electron chi connectivity index (χ4n) is 3.06. The van der Waals surface area contributed by atoms with Crippen molar-refractivity contribution in [3.05, 3.63) is 16.9 Å². The van der Waals surface area contributed by atoms with E-state index in [1.54, 1.807) is 13.3 Å². The predicted octanol–water partition coefficient (Wildman–Crippen LogP) is 2.79. The summed E-state index contributed by atoms with van der Waals surface area (Å²) in [5.74, 6) is 0. The number of nitrogens with zero attached hydrogens (tertiary/aromatic N) is 2. The van der Waals surface area contributed by atoms with Gasteiger partial charge in [0.25, 0.3) is 0 Å². The Bertz CT molecular complexity index is 444. The van der Waals surface area contributed by atoms with Gasteiger partial charge >= 0.3 is 0 Å². The number of methoxy groups -OCH3 is 1. The molecule has 1 unspecified atom stereocenters. The van der Waals surface area contributed by atoms with Crippen LogP contribution in [0.5, 0.6) is 0 Å². The van der Waals surface area contributed by atoms with Gasteiger partial charge in [0.2, 0.25) is 0 Å². The van der Waals surface area contributed by atoms with Gasteiger partial charge in [-0.1, -0.05) is 18.5 Å². The minimum absolute atomic E-state index is 0.0290. The highest BCUT2D eigenvalue weighted by Crippen LogP contribution is 2.39. The van der Waals surface area contributed by atoms with Crippen molar-refractivity contribution >= 4 is 11.6 Å². The van der Waals surface area contributed by atoms with Gasteiger partial charge in [0, 0.05) is 39.7 Å². The van der Waals surface area contributed by atoms with Crippen molar-refractivity contribution in [1.82, 2.24) is 15.1 Å². The van der Waals surface area contributed by atoms with Crippen LogP contribution in [0.1, 0.15) is 44.8 Å². The molecule has 1 aliphatic rings. The molecule has 0 saturated carbocycles. The first-order chi connectivity index (χ1) is 10.2. The van der Waals surface area contributed by atoms with E-state index in [0.29, 0.717) is 5.02 Å². The van der Waals surface area contributed by atoms with Crippen molar-refractivity contribution in [2.24, 2.45) is 0 Å². The lowest BCUT2D eigenvalue weighted by Gasteiger charge is -2.43. The van der Waals surface area contributed by atoms with Crippen molar-refractivity contribution in [2.75, 3.05) is 26.9 Å².